The zero-order valence-electron chi connectivity index (χ0n) is 10.1. The summed E-state index contributed by atoms with van der Waals surface area (Å²) in [4.78, 5) is 12.0. The predicted molar refractivity (Wildman–Crippen MR) is 76.2 cm³/mol. The number of nitrogens with two attached hydrogens (primary N) is 1. The van der Waals surface area contributed by atoms with Crippen LogP contribution in [0.2, 0.25) is 5.02 Å². The molecule has 0 aliphatic rings. The monoisotopic (exact) mass is 276 g/mol. The molecule has 0 radical (unpaired) electrons. The lowest BCUT2D eigenvalue weighted by molar-refractivity contribution is 0.102. The molecule has 2 aromatic rings. The molecule has 0 aliphatic carbocycles. The Labute approximate surface area is 115 Å². The Morgan fingerprint density at radius 2 is 2.05 bits per heavy atom. The van der Waals surface area contributed by atoms with Gasteiger partial charge in [-0.15, -0.1) is 0 Å². The first-order valence-corrected chi connectivity index (χ1v) is 6.04. The minimum absolute atomic E-state index is 0.0766. The number of aliphatic hydroxyl groups excluding tert-OH is 1. The Kier molecular flexibility index (Phi) is 4.04. The maximum Gasteiger partial charge on any atom is 0.257 e. The van der Waals surface area contributed by atoms with Gasteiger partial charge in [0.25, 0.3) is 5.91 Å². The molecule has 4 N–H and O–H groups in total. The molecule has 0 aliphatic heterocycles. The highest BCUT2D eigenvalue weighted by Crippen LogP contribution is 2.19. The minimum atomic E-state index is -0.316. The number of halogens is 1. The number of aliphatic hydroxyl groups is 1. The van der Waals surface area contributed by atoms with Gasteiger partial charge >= 0.3 is 0 Å². The molecule has 98 valence electrons. The van der Waals surface area contributed by atoms with E-state index in [1.165, 1.54) is 6.07 Å². The van der Waals surface area contributed by atoms with E-state index in [-0.39, 0.29) is 12.5 Å². The third-order valence-electron chi connectivity index (χ3n) is 2.63. The fourth-order valence-electron chi connectivity index (χ4n) is 1.69. The van der Waals surface area contributed by atoms with Crippen molar-refractivity contribution in [2.75, 3.05) is 11.1 Å². The summed E-state index contributed by atoms with van der Waals surface area (Å²) in [6.07, 6.45) is 0. The van der Waals surface area contributed by atoms with Crippen molar-refractivity contribution >= 4 is 28.9 Å². The van der Waals surface area contributed by atoms with Gasteiger partial charge < -0.3 is 16.2 Å². The fraction of sp³-hybridized carbons (Fsp3) is 0.0714. The first-order valence-electron chi connectivity index (χ1n) is 5.66. The number of anilines is 2. The van der Waals surface area contributed by atoms with Gasteiger partial charge in [0, 0.05) is 16.4 Å². The van der Waals surface area contributed by atoms with E-state index >= 15 is 0 Å². The third kappa shape index (κ3) is 3.24. The molecule has 1 amide bonds. The molecule has 0 unspecified atom stereocenters. The second-order valence-corrected chi connectivity index (χ2v) is 4.48. The molecule has 0 saturated heterocycles. The lowest BCUT2D eigenvalue weighted by atomic mass is 10.1. The fourth-order valence-corrected chi connectivity index (χ4v) is 1.87. The van der Waals surface area contributed by atoms with E-state index in [0.717, 1.165) is 5.56 Å². The Morgan fingerprint density at radius 1 is 1.26 bits per heavy atom. The third-order valence-corrected chi connectivity index (χ3v) is 2.86. The molecular weight excluding hydrogens is 264 g/mol. The van der Waals surface area contributed by atoms with Crippen molar-refractivity contribution in [1.29, 1.82) is 0 Å². The highest BCUT2D eigenvalue weighted by Gasteiger charge is 2.10. The van der Waals surface area contributed by atoms with Crippen molar-refractivity contribution in [1.82, 2.24) is 0 Å². The first kappa shape index (κ1) is 13.4. The molecular formula is C14H13ClN2O2. The largest absolute Gasteiger partial charge is 0.398 e. The van der Waals surface area contributed by atoms with Gasteiger partial charge in [-0.1, -0.05) is 23.7 Å². The van der Waals surface area contributed by atoms with Crippen LogP contribution in [0.5, 0.6) is 0 Å². The quantitative estimate of drug-likeness (QED) is 0.755. The number of nitrogen functional groups attached to an aromatic ring is 1. The van der Waals surface area contributed by atoms with Crippen LogP contribution in [0.1, 0.15) is 15.9 Å². The van der Waals surface area contributed by atoms with Crippen molar-refractivity contribution in [3.63, 3.8) is 0 Å². The van der Waals surface area contributed by atoms with E-state index in [4.69, 9.17) is 22.4 Å². The molecule has 4 nitrogen and oxygen atoms in total. The number of carbonyl (C=O) groups is 1. The summed E-state index contributed by atoms with van der Waals surface area (Å²) in [5.41, 5.74) is 7.76. The van der Waals surface area contributed by atoms with Crippen LogP contribution in [0.15, 0.2) is 42.5 Å². The SMILES string of the molecule is Nc1cc(Cl)ccc1C(=O)Nc1cccc(CO)c1. The zero-order chi connectivity index (χ0) is 13.8. The summed E-state index contributed by atoms with van der Waals surface area (Å²) in [6.45, 7) is -0.0766. The average Bonchev–Trinajstić information content (AvgIpc) is 2.38. The van der Waals surface area contributed by atoms with Crippen molar-refractivity contribution in [2.45, 2.75) is 6.61 Å². The van der Waals surface area contributed by atoms with Gasteiger partial charge in [0.2, 0.25) is 0 Å². The van der Waals surface area contributed by atoms with Gasteiger partial charge in [-0.2, -0.15) is 0 Å². The first-order chi connectivity index (χ1) is 9.10. The molecule has 0 bridgehead atoms. The van der Waals surface area contributed by atoms with Gasteiger partial charge in [0.1, 0.15) is 0 Å². The number of hydrogen-bond donors (Lipinski definition) is 3. The molecule has 19 heavy (non-hydrogen) atoms. The van der Waals surface area contributed by atoms with Crippen molar-refractivity contribution in [3.8, 4) is 0 Å². The molecule has 0 heterocycles. The second kappa shape index (κ2) is 5.73. The normalized spacial score (nSPS) is 10.2. The molecule has 0 fully saturated rings. The lowest BCUT2D eigenvalue weighted by Crippen LogP contribution is -2.14. The van der Waals surface area contributed by atoms with E-state index in [1.807, 2.05) is 0 Å². The summed E-state index contributed by atoms with van der Waals surface area (Å²) >= 11 is 5.78. The topological polar surface area (TPSA) is 75.4 Å². The van der Waals surface area contributed by atoms with Gasteiger partial charge in [-0.05, 0) is 35.9 Å². The van der Waals surface area contributed by atoms with Crippen LogP contribution in [0.4, 0.5) is 11.4 Å². The van der Waals surface area contributed by atoms with Gasteiger partial charge in [-0.3, -0.25) is 4.79 Å². The molecule has 0 saturated carbocycles. The van der Waals surface area contributed by atoms with Crippen LogP contribution in [0.25, 0.3) is 0 Å². The Balaban J connectivity index is 2.20. The number of benzene rings is 2. The van der Waals surface area contributed by atoms with Gasteiger partial charge in [-0.25, -0.2) is 0 Å². The molecule has 0 aromatic heterocycles. The second-order valence-electron chi connectivity index (χ2n) is 4.04. The van der Waals surface area contributed by atoms with Crippen molar-refractivity contribution in [2.24, 2.45) is 0 Å². The number of amides is 1. The summed E-state index contributed by atoms with van der Waals surface area (Å²) < 4.78 is 0. The van der Waals surface area contributed by atoms with E-state index in [1.54, 1.807) is 36.4 Å². The summed E-state index contributed by atoms with van der Waals surface area (Å²) in [6, 6.07) is 11.7. The number of carbonyl (C=O) groups excluding carboxylic acids is 1. The Hall–Kier alpha value is -2.04. The number of hydrogen-bond acceptors (Lipinski definition) is 3. The molecule has 0 spiro atoms. The maximum atomic E-state index is 12.0. The van der Waals surface area contributed by atoms with E-state index in [0.29, 0.717) is 22.0 Å². The lowest BCUT2D eigenvalue weighted by Gasteiger charge is -2.08. The van der Waals surface area contributed by atoms with E-state index < -0.39 is 0 Å². The van der Waals surface area contributed by atoms with Gasteiger partial charge in [0.15, 0.2) is 0 Å². The van der Waals surface area contributed by atoms with Crippen LogP contribution in [-0.2, 0) is 6.61 Å². The molecule has 2 aromatic carbocycles. The number of nitrogens with one attached hydrogen (secondary N) is 1. The van der Waals surface area contributed by atoms with E-state index in [2.05, 4.69) is 5.32 Å². The summed E-state index contributed by atoms with van der Waals surface area (Å²) in [5, 5.41) is 12.2. The molecule has 5 heteroatoms. The van der Waals surface area contributed by atoms with Crippen LogP contribution < -0.4 is 11.1 Å². The van der Waals surface area contributed by atoms with Crippen LogP contribution in [-0.4, -0.2) is 11.0 Å². The van der Waals surface area contributed by atoms with E-state index in [9.17, 15) is 4.79 Å². The number of rotatable bonds is 3. The van der Waals surface area contributed by atoms with Crippen LogP contribution in [0, 0.1) is 0 Å². The Bertz CT molecular complexity index is 614. The van der Waals surface area contributed by atoms with Crippen molar-refractivity contribution in [3.05, 3.63) is 58.6 Å². The minimum Gasteiger partial charge on any atom is -0.398 e. The highest BCUT2D eigenvalue weighted by molar-refractivity contribution is 6.31. The summed E-state index contributed by atoms with van der Waals surface area (Å²) in [7, 11) is 0. The predicted octanol–water partition coefficient (Wildman–Crippen LogP) is 2.67. The average molecular weight is 277 g/mol. The molecule has 0 atom stereocenters. The van der Waals surface area contributed by atoms with Crippen LogP contribution in [0.3, 0.4) is 0 Å². The smallest absolute Gasteiger partial charge is 0.257 e. The van der Waals surface area contributed by atoms with Crippen LogP contribution >= 0.6 is 11.6 Å². The maximum absolute atomic E-state index is 12.0. The van der Waals surface area contributed by atoms with Crippen molar-refractivity contribution < 1.29 is 9.90 Å². The standard InChI is InChI=1S/C14H13ClN2O2/c15-10-4-5-12(13(16)7-10)14(19)17-11-3-1-2-9(6-11)8-18/h1-7,18H,8,16H2,(H,17,19). The van der Waals surface area contributed by atoms with Gasteiger partial charge in [0.05, 0.1) is 12.2 Å². The Morgan fingerprint density at radius 3 is 2.74 bits per heavy atom. The molecule has 2 rings (SSSR count). The highest BCUT2D eigenvalue weighted by atomic mass is 35.5. The summed E-state index contributed by atoms with van der Waals surface area (Å²) in [5.74, 6) is -0.316. The zero-order valence-corrected chi connectivity index (χ0v) is 10.8.